The first kappa shape index (κ1) is 5.78. The highest BCUT2D eigenvalue weighted by molar-refractivity contribution is 5.60. The van der Waals surface area contributed by atoms with Crippen LogP contribution < -0.4 is 0 Å². The maximum absolute atomic E-state index is 1.70. The van der Waals surface area contributed by atoms with Gasteiger partial charge in [-0.15, -0.1) is 0 Å². The molecule has 6 saturated carbocycles. The minimum absolute atomic E-state index is 0.996. The van der Waals surface area contributed by atoms with Crippen LogP contribution in [-0.4, -0.2) is 0 Å². The van der Waals surface area contributed by atoms with E-state index in [4.69, 9.17) is 0 Å². The van der Waals surface area contributed by atoms with Crippen LogP contribution in [0.5, 0.6) is 0 Å². The average Bonchev–Trinajstić information content (AvgIpc) is 3.01. The van der Waals surface area contributed by atoms with Crippen molar-refractivity contribution in [3.05, 3.63) is 0 Å². The lowest BCUT2D eigenvalue weighted by atomic mass is 10.1. The molecular weight excluding hydrogens is 156 g/mol. The van der Waals surface area contributed by atoms with Crippen molar-refractivity contribution in [2.24, 2.45) is 27.1 Å². The molecule has 0 nitrogen and oxygen atoms in total. The molecule has 6 aliphatic rings. The topological polar surface area (TPSA) is 0 Å². The van der Waals surface area contributed by atoms with Gasteiger partial charge >= 0.3 is 0 Å². The third-order valence-electron chi connectivity index (χ3n) is 7.52. The van der Waals surface area contributed by atoms with Crippen LogP contribution >= 0.6 is 0 Å². The van der Waals surface area contributed by atoms with Gasteiger partial charge in [0.15, 0.2) is 0 Å². The standard InChI is InChI=1S/C13H16/c1-2-9(1)7-12(9)11(5-6-11)13(12)8-10(13)3-4-10/h1-8H2/t12-,13-/m0/s1. The molecule has 0 N–H and O–H groups in total. The first-order chi connectivity index (χ1) is 6.29. The molecule has 0 aliphatic heterocycles. The van der Waals surface area contributed by atoms with E-state index in [1.54, 1.807) is 51.4 Å². The predicted molar refractivity (Wildman–Crippen MR) is 49.1 cm³/mol. The lowest BCUT2D eigenvalue weighted by Gasteiger charge is -1.89. The first-order valence-corrected chi connectivity index (χ1v) is 6.29. The highest BCUT2D eigenvalue weighted by Crippen LogP contribution is 3.19. The molecule has 0 amide bonds. The SMILES string of the molecule is C1CC12C[C@@]21C2(CC2)[C@@]12CC21CC1. The molecule has 6 fully saturated rings. The maximum Gasteiger partial charge on any atom is -0.0106 e. The molecule has 0 heteroatoms. The largest absolute Gasteiger partial charge is 0.0464 e. The van der Waals surface area contributed by atoms with Crippen molar-refractivity contribution < 1.29 is 0 Å². The lowest BCUT2D eigenvalue weighted by Crippen LogP contribution is -1.86. The summed E-state index contributed by atoms with van der Waals surface area (Å²) in [5, 5.41) is 0. The van der Waals surface area contributed by atoms with Crippen molar-refractivity contribution >= 4 is 0 Å². The van der Waals surface area contributed by atoms with Gasteiger partial charge in [-0.05, 0) is 78.4 Å². The van der Waals surface area contributed by atoms with Gasteiger partial charge in [-0.3, -0.25) is 0 Å². The van der Waals surface area contributed by atoms with Gasteiger partial charge in [0.1, 0.15) is 0 Å². The Balaban J connectivity index is 1.63. The average molecular weight is 172 g/mol. The summed E-state index contributed by atoms with van der Waals surface area (Å²) in [7, 11) is 0. The quantitative estimate of drug-likeness (QED) is 0.526. The van der Waals surface area contributed by atoms with E-state index < -0.39 is 0 Å². The van der Waals surface area contributed by atoms with Crippen molar-refractivity contribution in [3.63, 3.8) is 0 Å². The van der Waals surface area contributed by atoms with Gasteiger partial charge in [0, 0.05) is 0 Å². The summed E-state index contributed by atoms with van der Waals surface area (Å²) in [5.74, 6) is 0. The summed E-state index contributed by atoms with van der Waals surface area (Å²) in [6.07, 6.45) is 13.2. The van der Waals surface area contributed by atoms with Crippen molar-refractivity contribution in [3.8, 4) is 0 Å². The Bertz CT molecular complexity index is 347. The second-order valence-electron chi connectivity index (χ2n) is 7.31. The summed E-state index contributed by atoms with van der Waals surface area (Å²) in [6, 6.07) is 0. The Morgan fingerprint density at radius 1 is 0.538 bits per heavy atom. The first-order valence-electron chi connectivity index (χ1n) is 6.29. The maximum atomic E-state index is 1.70. The fraction of sp³-hybridized carbons (Fsp3) is 1.00. The Kier molecular flexibility index (Phi) is 0.447. The second-order valence-corrected chi connectivity index (χ2v) is 7.31. The predicted octanol–water partition coefficient (Wildman–Crippen LogP) is 3.12. The summed E-state index contributed by atoms with van der Waals surface area (Å²) in [6.45, 7) is 0. The molecule has 6 rings (SSSR count). The highest BCUT2D eigenvalue weighted by Gasteiger charge is 3.13. The molecule has 0 unspecified atom stereocenters. The molecule has 6 aliphatic carbocycles. The van der Waals surface area contributed by atoms with Crippen LogP contribution in [0.25, 0.3) is 0 Å². The number of hydrogen-bond acceptors (Lipinski definition) is 0. The van der Waals surface area contributed by atoms with Crippen LogP contribution in [0.4, 0.5) is 0 Å². The van der Waals surface area contributed by atoms with Crippen molar-refractivity contribution in [1.82, 2.24) is 0 Å². The van der Waals surface area contributed by atoms with Crippen molar-refractivity contribution in [2.75, 3.05) is 0 Å². The van der Waals surface area contributed by atoms with Crippen LogP contribution in [-0.2, 0) is 0 Å². The fourth-order valence-electron chi connectivity index (χ4n) is 6.82. The third-order valence-corrected chi connectivity index (χ3v) is 7.52. The van der Waals surface area contributed by atoms with E-state index in [-0.39, 0.29) is 0 Å². The fourth-order valence-corrected chi connectivity index (χ4v) is 6.82. The normalized spacial score (nSPS) is 66.5. The van der Waals surface area contributed by atoms with E-state index in [1.807, 2.05) is 0 Å². The zero-order valence-corrected chi connectivity index (χ0v) is 8.16. The summed E-state index contributed by atoms with van der Waals surface area (Å²) in [4.78, 5) is 0. The number of hydrogen-bond donors (Lipinski definition) is 0. The van der Waals surface area contributed by atoms with Gasteiger partial charge in [0.2, 0.25) is 0 Å². The minimum atomic E-state index is 0.996. The molecule has 0 saturated heterocycles. The molecule has 0 aromatic rings. The molecular formula is C13H16. The van der Waals surface area contributed by atoms with Gasteiger partial charge in [-0.2, -0.15) is 0 Å². The van der Waals surface area contributed by atoms with Crippen LogP contribution in [0, 0.1) is 27.1 Å². The molecule has 13 heavy (non-hydrogen) atoms. The Morgan fingerprint density at radius 3 is 1.23 bits per heavy atom. The summed E-state index contributed by atoms with van der Waals surface area (Å²) >= 11 is 0. The Morgan fingerprint density at radius 2 is 1.00 bits per heavy atom. The van der Waals surface area contributed by atoms with Gasteiger partial charge < -0.3 is 0 Å². The molecule has 68 valence electrons. The molecule has 0 radical (unpaired) electrons. The van der Waals surface area contributed by atoms with Crippen LogP contribution in [0.2, 0.25) is 0 Å². The van der Waals surface area contributed by atoms with Crippen molar-refractivity contribution in [1.29, 1.82) is 0 Å². The molecule has 5 spiro atoms. The van der Waals surface area contributed by atoms with Crippen molar-refractivity contribution in [2.45, 2.75) is 51.4 Å². The smallest absolute Gasteiger partial charge is 0.0106 e. The molecule has 0 aromatic heterocycles. The van der Waals surface area contributed by atoms with Crippen LogP contribution in [0.1, 0.15) is 51.4 Å². The van der Waals surface area contributed by atoms with E-state index in [2.05, 4.69) is 0 Å². The zero-order chi connectivity index (χ0) is 8.16. The molecule has 2 atom stereocenters. The van der Waals surface area contributed by atoms with E-state index in [1.165, 1.54) is 0 Å². The lowest BCUT2D eigenvalue weighted by molar-refractivity contribution is 0.568. The van der Waals surface area contributed by atoms with E-state index >= 15 is 0 Å². The van der Waals surface area contributed by atoms with E-state index in [9.17, 15) is 0 Å². The number of fused-ring (bicyclic) bond motifs is 5. The molecule has 0 bridgehead atoms. The van der Waals surface area contributed by atoms with Crippen LogP contribution in [0.3, 0.4) is 0 Å². The zero-order valence-electron chi connectivity index (χ0n) is 8.16. The highest BCUT2D eigenvalue weighted by atomic mass is 15.2. The summed E-state index contributed by atoms with van der Waals surface area (Å²) in [5.41, 5.74) is 5.03. The van der Waals surface area contributed by atoms with E-state index in [0.717, 1.165) is 27.1 Å². The third kappa shape index (κ3) is 0.275. The van der Waals surface area contributed by atoms with Gasteiger partial charge in [0.05, 0.1) is 0 Å². The molecule has 0 aromatic carbocycles. The van der Waals surface area contributed by atoms with Gasteiger partial charge in [-0.25, -0.2) is 0 Å². The van der Waals surface area contributed by atoms with Crippen LogP contribution in [0.15, 0.2) is 0 Å². The van der Waals surface area contributed by atoms with E-state index in [0.29, 0.717) is 0 Å². The Labute approximate surface area is 79.1 Å². The number of rotatable bonds is 0. The second kappa shape index (κ2) is 1.01. The van der Waals surface area contributed by atoms with Gasteiger partial charge in [-0.1, -0.05) is 0 Å². The monoisotopic (exact) mass is 172 g/mol. The van der Waals surface area contributed by atoms with Gasteiger partial charge in [0.25, 0.3) is 0 Å². The minimum Gasteiger partial charge on any atom is -0.0464 e. The summed E-state index contributed by atoms with van der Waals surface area (Å²) < 4.78 is 0. The molecule has 0 heterocycles. The Hall–Kier alpha value is 0.